The normalized spacial score (nSPS) is 24.4. The van der Waals surface area contributed by atoms with Gasteiger partial charge in [-0.05, 0) is 51.4 Å². The van der Waals surface area contributed by atoms with E-state index in [0.717, 1.165) is 18.8 Å². The fourth-order valence-electron chi connectivity index (χ4n) is 2.32. The summed E-state index contributed by atoms with van der Waals surface area (Å²) < 4.78 is 10.4. The molecule has 0 aromatic heterocycles. The van der Waals surface area contributed by atoms with Gasteiger partial charge in [-0.1, -0.05) is 6.58 Å². The van der Waals surface area contributed by atoms with Crippen LogP contribution in [0.4, 0.5) is 0 Å². The van der Waals surface area contributed by atoms with Crippen molar-refractivity contribution < 1.29 is 14.3 Å². The van der Waals surface area contributed by atoms with Crippen molar-refractivity contribution in [3.05, 3.63) is 12.2 Å². The van der Waals surface area contributed by atoms with E-state index in [4.69, 9.17) is 9.47 Å². The maximum absolute atomic E-state index is 11.1. The average molecular weight is 240 g/mol. The third-order valence-electron chi connectivity index (χ3n) is 3.47. The van der Waals surface area contributed by atoms with Crippen LogP contribution in [0.1, 0.15) is 45.4 Å². The average Bonchev–Trinajstić information content (AvgIpc) is 2.35. The zero-order valence-corrected chi connectivity index (χ0v) is 11.0. The maximum Gasteiger partial charge on any atom is 0.333 e. The van der Waals surface area contributed by atoms with Crippen LogP contribution in [0.3, 0.4) is 0 Å². The number of esters is 1. The van der Waals surface area contributed by atoms with Gasteiger partial charge in [0, 0.05) is 12.7 Å². The van der Waals surface area contributed by atoms with E-state index in [9.17, 15) is 4.79 Å². The fraction of sp³-hybridized carbons (Fsp3) is 0.786. The molecular weight excluding hydrogens is 216 g/mol. The van der Waals surface area contributed by atoms with Crippen LogP contribution in [-0.4, -0.2) is 25.8 Å². The Morgan fingerprint density at radius 1 is 1.29 bits per heavy atom. The molecule has 98 valence electrons. The molecule has 0 amide bonds. The minimum atomic E-state index is -0.270. The zero-order chi connectivity index (χ0) is 12.7. The number of carbonyl (C=O) groups is 1. The molecule has 0 unspecified atom stereocenters. The highest BCUT2D eigenvalue weighted by Crippen LogP contribution is 2.28. The Morgan fingerprint density at radius 2 is 1.94 bits per heavy atom. The summed E-state index contributed by atoms with van der Waals surface area (Å²) in [6, 6.07) is 0. The minimum Gasteiger partial charge on any atom is -0.462 e. The number of ether oxygens (including phenoxy) is 2. The van der Waals surface area contributed by atoms with Gasteiger partial charge in [-0.25, -0.2) is 4.79 Å². The number of hydrogen-bond acceptors (Lipinski definition) is 3. The first-order chi connectivity index (χ1) is 8.13. The van der Waals surface area contributed by atoms with Gasteiger partial charge < -0.3 is 9.47 Å². The van der Waals surface area contributed by atoms with Crippen molar-refractivity contribution in [3.63, 3.8) is 0 Å². The van der Waals surface area contributed by atoms with Crippen LogP contribution in [0, 0.1) is 5.92 Å². The quantitative estimate of drug-likeness (QED) is 0.406. The first-order valence-corrected chi connectivity index (χ1v) is 6.49. The molecule has 0 N–H and O–H groups in total. The first-order valence-electron chi connectivity index (χ1n) is 6.49. The van der Waals surface area contributed by atoms with Crippen LogP contribution >= 0.6 is 0 Å². The summed E-state index contributed by atoms with van der Waals surface area (Å²) in [5, 5.41) is 0. The second-order valence-electron chi connectivity index (χ2n) is 4.94. The van der Waals surface area contributed by atoms with Crippen LogP contribution < -0.4 is 0 Å². The maximum atomic E-state index is 11.1. The largest absolute Gasteiger partial charge is 0.462 e. The predicted octanol–water partition coefficient (Wildman–Crippen LogP) is 3.09. The van der Waals surface area contributed by atoms with Gasteiger partial charge in [-0.15, -0.1) is 0 Å². The summed E-state index contributed by atoms with van der Waals surface area (Å²) in [5.74, 6) is 0.512. The molecule has 0 saturated heterocycles. The molecule has 0 aliphatic heterocycles. The Kier molecular flexibility index (Phi) is 6.27. The molecule has 1 fully saturated rings. The molecule has 3 heteroatoms. The van der Waals surface area contributed by atoms with Gasteiger partial charge in [-0.3, -0.25) is 0 Å². The first kappa shape index (κ1) is 14.2. The Balaban J connectivity index is 2.04. The molecule has 0 atom stereocenters. The molecule has 1 rings (SSSR count). The highest BCUT2D eigenvalue weighted by atomic mass is 16.5. The monoisotopic (exact) mass is 240 g/mol. The van der Waals surface area contributed by atoms with E-state index in [1.807, 2.05) is 0 Å². The summed E-state index contributed by atoms with van der Waals surface area (Å²) in [4.78, 5) is 11.1. The molecule has 0 heterocycles. The van der Waals surface area contributed by atoms with E-state index < -0.39 is 0 Å². The summed E-state index contributed by atoms with van der Waals surface area (Å²) in [7, 11) is 1.79. The smallest absolute Gasteiger partial charge is 0.333 e. The summed E-state index contributed by atoms with van der Waals surface area (Å²) in [6.45, 7) is 5.75. The number of rotatable bonds is 6. The summed E-state index contributed by atoms with van der Waals surface area (Å²) in [5.41, 5.74) is 0.477. The lowest BCUT2D eigenvalue weighted by Gasteiger charge is -2.27. The molecular formula is C14H24O3. The summed E-state index contributed by atoms with van der Waals surface area (Å²) in [6.07, 6.45) is 7.41. The Hall–Kier alpha value is -0.830. The Bertz CT molecular complexity index is 252. The molecule has 1 saturated carbocycles. The molecule has 0 spiro atoms. The van der Waals surface area contributed by atoms with Crippen molar-refractivity contribution in [2.24, 2.45) is 5.92 Å². The van der Waals surface area contributed by atoms with Crippen molar-refractivity contribution in [1.82, 2.24) is 0 Å². The van der Waals surface area contributed by atoms with Crippen LogP contribution in [0.15, 0.2) is 12.2 Å². The van der Waals surface area contributed by atoms with E-state index in [-0.39, 0.29) is 5.97 Å². The van der Waals surface area contributed by atoms with E-state index in [2.05, 4.69) is 6.58 Å². The second-order valence-corrected chi connectivity index (χ2v) is 4.94. The Morgan fingerprint density at radius 3 is 2.47 bits per heavy atom. The van der Waals surface area contributed by atoms with Gasteiger partial charge in [-0.2, -0.15) is 0 Å². The van der Waals surface area contributed by atoms with Gasteiger partial charge in [0.2, 0.25) is 0 Å². The molecule has 0 bridgehead atoms. The Labute approximate surface area is 104 Å². The third kappa shape index (κ3) is 5.35. The molecule has 17 heavy (non-hydrogen) atoms. The van der Waals surface area contributed by atoms with Gasteiger partial charge in [0.1, 0.15) is 0 Å². The molecule has 0 aromatic rings. The van der Waals surface area contributed by atoms with Crippen LogP contribution in [0.5, 0.6) is 0 Å². The molecule has 0 aromatic carbocycles. The van der Waals surface area contributed by atoms with Crippen molar-refractivity contribution in [3.8, 4) is 0 Å². The second kappa shape index (κ2) is 7.49. The molecule has 3 nitrogen and oxygen atoms in total. The van der Waals surface area contributed by atoms with E-state index >= 15 is 0 Å². The SMILES string of the molecule is C=C(C)C(=O)OCCCC1CCC(OC)CC1. The van der Waals surface area contributed by atoms with Gasteiger partial charge in [0.05, 0.1) is 12.7 Å². The van der Waals surface area contributed by atoms with Crippen molar-refractivity contribution in [2.45, 2.75) is 51.6 Å². The number of methoxy groups -OCH3 is 1. The summed E-state index contributed by atoms with van der Waals surface area (Å²) >= 11 is 0. The lowest BCUT2D eigenvalue weighted by molar-refractivity contribution is -0.139. The predicted molar refractivity (Wildman–Crippen MR) is 67.8 cm³/mol. The topological polar surface area (TPSA) is 35.5 Å². The van der Waals surface area contributed by atoms with Crippen LogP contribution in [-0.2, 0) is 14.3 Å². The standard InChI is InChI=1S/C14H24O3/c1-11(2)14(15)17-10-4-5-12-6-8-13(16-3)9-7-12/h12-13H,1,4-10H2,2-3H3. The molecule has 0 radical (unpaired) electrons. The number of hydrogen-bond donors (Lipinski definition) is 0. The van der Waals surface area contributed by atoms with Gasteiger partial charge in [0.25, 0.3) is 0 Å². The van der Waals surface area contributed by atoms with Gasteiger partial charge >= 0.3 is 5.97 Å². The van der Waals surface area contributed by atoms with Crippen molar-refractivity contribution in [2.75, 3.05) is 13.7 Å². The van der Waals surface area contributed by atoms with Crippen molar-refractivity contribution in [1.29, 1.82) is 0 Å². The van der Waals surface area contributed by atoms with E-state index in [0.29, 0.717) is 18.3 Å². The fourth-order valence-corrected chi connectivity index (χ4v) is 2.32. The zero-order valence-electron chi connectivity index (χ0n) is 11.0. The molecule has 1 aliphatic carbocycles. The van der Waals surface area contributed by atoms with Crippen LogP contribution in [0.2, 0.25) is 0 Å². The van der Waals surface area contributed by atoms with Crippen LogP contribution in [0.25, 0.3) is 0 Å². The highest BCUT2D eigenvalue weighted by molar-refractivity contribution is 5.86. The van der Waals surface area contributed by atoms with E-state index in [1.54, 1.807) is 14.0 Å². The highest BCUT2D eigenvalue weighted by Gasteiger charge is 2.20. The lowest BCUT2D eigenvalue weighted by Crippen LogP contribution is -2.20. The third-order valence-corrected chi connectivity index (χ3v) is 3.47. The number of carbonyl (C=O) groups excluding carboxylic acids is 1. The molecule has 1 aliphatic rings. The van der Waals surface area contributed by atoms with Crippen molar-refractivity contribution >= 4 is 5.97 Å². The van der Waals surface area contributed by atoms with Gasteiger partial charge in [0.15, 0.2) is 0 Å². The van der Waals surface area contributed by atoms with E-state index in [1.165, 1.54) is 25.7 Å². The minimum absolute atomic E-state index is 0.270. The lowest BCUT2D eigenvalue weighted by atomic mass is 9.84.